The number of unbranched alkanes of at least 4 members (excludes halogenated alkanes) is 1. The summed E-state index contributed by atoms with van der Waals surface area (Å²) in [4.78, 5) is 26.6. The van der Waals surface area contributed by atoms with Gasteiger partial charge in [0, 0.05) is 6.04 Å². The Kier molecular flexibility index (Phi) is 5.97. The Bertz CT molecular complexity index is 860. The molecule has 5 heteroatoms. The molecule has 140 valence electrons. The number of halogens is 1. The molecule has 0 saturated carbocycles. The van der Waals surface area contributed by atoms with Crippen LogP contribution in [0, 0.1) is 0 Å². The second-order valence-corrected chi connectivity index (χ2v) is 7.06. The Morgan fingerprint density at radius 2 is 1.67 bits per heavy atom. The van der Waals surface area contributed by atoms with E-state index in [0.717, 1.165) is 29.7 Å². The van der Waals surface area contributed by atoms with Crippen molar-refractivity contribution in [1.29, 1.82) is 0 Å². The zero-order valence-corrected chi connectivity index (χ0v) is 16.3. The van der Waals surface area contributed by atoms with Crippen LogP contribution in [-0.4, -0.2) is 11.8 Å². The van der Waals surface area contributed by atoms with Gasteiger partial charge in [-0.2, -0.15) is 0 Å². The van der Waals surface area contributed by atoms with Crippen LogP contribution in [0.15, 0.2) is 65.3 Å². The lowest BCUT2D eigenvalue weighted by molar-refractivity contribution is -0.120. The topological polar surface area (TPSA) is 49.4 Å². The van der Waals surface area contributed by atoms with Crippen molar-refractivity contribution in [1.82, 2.24) is 5.32 Å². The summed E-state index contributed by atoms with van der Waals surface area (Å²) in [6.07, 6.45) is 3.22. The Morgan fingerprint density at radius 1 is 1.00 bits per heavy atom. The molecule has 4 nitrogen and oxygen atoms in total. The Labute approximate surface area is 164 Å². The van der Waals surface area contributed by atoms with E-state index in [1.807, 2.05) is 49.4 Å². The predicted molar refractivity (Wildman–Crippen MR) is 108 cm³/mol. The first kappa shape index (κ1) is 19.2. The average molecular weight is 383 g/mol. The first-order valence-electron chi connectivity index (χ1n) is 9.22. The van der Waals surface area contributed by atoms with E-state index in [-0.39, 0.29) is 16.8 Å². The number of nitrogens with one attached hydrogen (secondary N) is 1. The van der Waals surface area contributed by atoms with Crippen molar-refractivity contribution in [2.24, 2.45) is 0 Å². The normalized spacial score (nSPS) is 15.4. The standard InChI is InChI=1S/C22H23ClN2O2/c1-3-4-8-16-11-13-18(14-12-16)25-21(26)19(23)20(22(25)27)24-15(2)17-9-6-5-7-10-17/h5-7,9-15,24H,3-4,8H2,1-2H3. The summed E-state index contributed by atoms with van der Waals surface area (Å²) in [5.74, 6) is -0.917. The van der Waals surface area contributed by atoms with Gasteiger partial charge in [0.2, 0.25) is 0 Å². The number of nitrogens with zero attached hydrogens (tertiary/aromatic N) is 1. The zero-order chi connectivity index (χ0) is 19.4. The number of hydrogen-bond acceptors (Lipinski definition) is 3. The summed E-state index contributed by atoms with van der Waals surface area (Å²) in [6, 6.07) is 17.1. The average Bonchev–Trinajstić information content (AvgIpc) is 2.91. The highest BCUT2D eigenvalue weighted by molar-refractivity contribution is 6.52. The fraction of sp³-hybridized carbons (Fsp3) is 0.273. The molecule has 3 rings (SSSR count). The quantitative estimate of drug-likeness (QED) is 0.706. The lowest BCUT2D eigenvalue weighted by Gasteiger charge is -2.18. The molecule has 1 aliphatic rings. The number of aryl methyl sites for hydroxylation is 1. The van der Waals surface area contributed by atoms with Gasteiger partial charge in [0.1, 0.15) is 10.7 Å². The molecule has 0 radical (unpaired) electrons. The molecule has 0 bridgehead atoms. The third kappa shape index (κ3) is 4.06. The number of benzene rings is 2. The van der Waals surface area contributed by atoms with Crippen LogP contribution < -0.4 is 10.2 Å². The fourth-order valence-corrected chi connectivity index (χ4v) is 3.32. The molecule has 2 aromatic rings. The summed E-state index contributed by atoms with van der Waals surface area (Å²) in [7, 11) is 0. The molecular weight excluding hydrogens is 360 g/mol. The van der Waals surface area contributed by atoms with Gasteiger partial charge in [0.25, 0.3) is 11.8 Å². The minimum atomic E-state index is -0.495. The van der Waals surface area contributed by atoms with Gasteiger partial charge in [-0.15, -0.1) is 0 Å². The maximum Gasteiger partial charge on any atom is 0.283 e. The minimum absolute atomic E-state index is 0.0714. The van der Waals surface area contributed by atoms with Crippen molar-refractivity contribution in [2.45, 2.75) is 39.2 Å². The Balaban J connectivity index is 1.77. The Morgan fingerprint density at radius 3 is 2.30 bits per heavy atom. The van der Waals surface area contributed by atoms with Gasteiger partial charge in [-0.3, -0.25) is 9.59 Å². The zero-order valence-electron chi connectivity index (χ0n) is 15.5. The minimum Gasteiger partial charge on any atom is -0.373 e. The summed E-state index contributed by atoms with van der Waals surface area (Å²) in [5.41, 5.74) is 2.88. The summed E-state index contributed by atoms with van der Waals surface area (Å²) in [6.45, 7) is 4.07. The fourth-order valence-electron chi connectivity index (χ4n) is 3.10. The SMILES string of the molecule is CCCCc1ccc(N2C(=O)C(Cl)=C(NC(C)c3ccccc3)C2=O)cc1. The molecule has 1 aliphatic heterocycles. The lowest BCUT2D eigenvalue weighted by atomic mass is 10.1. The van der Waals surface area contributed by atoms with Crippen LogP contribution in [0.5, 0.6) is 0 Å². The number of rotatable bonds is 7. The van der Waals surface area contributed by atoms with E-state index < -0.39 is 11.8 Å². The van der Waals surface area contributed by atoms with E-state index >= 15 is 0 Å². The third-order valence-corrected chi connectivity index (χ3v) is 5.05. The van der Waals surface area contributed by atoms with E-state index in [0.29, 0.717) is 5.69 Å². The number of carbonyl (C=O) groups excluding carboxylic acids is 2. The highest BCUT2D eigenvalue weighted by Gasteiger charge is 2.39. The molecule has 0 fully saturated rings. The van der Waals surface area contributed by atoms with Crippen molar-refractivity contribution in [3.05, 3.63) is 76.5 Å². The van der Waals surface area contributed by atoms with Gasteiger partial charge in [0.15, 0.2) is 0 Å². The Hall–Kier alpha value is -2.59. The van der Waals surface area contributed by atoms with Gasteiger partial charge in [-0.25, -0.2) is 4.90 Å². The number of imide groups is 1. The first-order chi connectivity index (χ1) is 13.0. The van der Waals surface area contributed by atoms with E-state index in [2.05, 4.69) is 12.2 Å². The summed E-state index contributed by atoms with van der Waals surface area (Å²) >= 11 is 6.20. The predicted octanol–water partition coefficient (Wildman–Crippen LogP) is 4.70. The van der Waals surface area contributed by atoms with Crippen LogP contribution in [0.3, 0.4) is 0 Å². The van der Waals surface area contributed by atoms with Crippen LogP contribution >= 0.6 is 11.6 Å². The molecule has 1 unspecified atom stereocenters. The molecule has 1 atom stereocenters. The van der Waals surface area contributed by atoms with Gasteiger partial charge in [0.05, 0.1) is 5.69 Å². The van der Waals surface area contributed by atoms with E-state index in [4.69, 9.17) is 11.6 Å². The van der Waals surface area contributed by atoms with Crippen LogP contribution in [0.25, 0.3) is 0 Å². The maximum atomic E-state index is 12.9. The van der Waals surface area contributed by atoms with Gasteiger partial charge < -0.3 is 5.32 Å². The summed E-state index contributed by atoms with van der Waals surface area (Å²) < 4.78 is 0. The van der Waals surface area contributed by atoms with E-state index in [1.54, 1.807) is 12.1 Å². The monoisotopic (exact) mass is 382 g/mol. The smallest absolute Gasteiger partial charge is 0.283 e. The van der Waals surface area contributed by atoms with Gasteiger partial charge in [-0.1, -0.05) is 67.4 Å². The number of anilines is 1. The summed E-state index contributed by atoms with van der Waals surface area (Å²) in [5, 5.41) is 3.03. The highest BCUT2D eigenvalue weighted by Crippen LogP contribution is 2.30. The van der Waals surface area contributed by atoms with Crippen LogP contribution in [-0.2, 0) is 16.0 Å². The molecule has 0 spiro atoms. The molecule has 2 amide bonds. The largest absolute Gasteiger partial charge is 0.373 e. The first-order valence-corrected chi connectivity index (χ1v) is 9.59. The second-order valence-electron chi connectivity index (χ2n) is 6.68. The molecule has 0 saturated heterocycles. The molecule has 2 aromatic carbocycles. The molecule has 0 aliphatic carbocycles. The van der Waals surface area contributed by atoms with Gasteiger partial charge >= 0.3 is 0 Å². The molecular formula is C22H23ClN2O2. The van der Waals surface area contributed by atoms with Crippen LogP contribution in [0.4, 0.5) is 5.69 Å². The second kappa shape index (κ2) is 8.40. The molecule has 0 aromatic heterocycles. The number of carbonyl (C=O) groups is 2. The van der Waals surface area contributed by atoms with E-state index in [9.17, 15) is 9.59 Å². The highest BCUT2D eigenvalue weighted by atomic mass is 35.5. The van der Waals surface area contributed by atoms with Crippen molar-refractivity contribution in [2.75, 3.05) is 4.90 Å². The van der Waals surface area contributed by atoms with Crippen LogP contribution in [0.1, 0.15) is 43.9 Å². The molecule has 1 heterocycles. The number of hydrogen-bond donors (Lipinski definition) is 1. The lowest BCUT2D eigenvalue weighted by Crippen LogP contribution is -2.34. The van der Waals surface area contributed by atoms with Crippen molar-refractivity contribution in [3.63, 3.8) is 0 Å². The van der Waals surface area contributed by atoms with Gasteiger partial charge in [-0.05, 0) is 43.0 Å². The third-order valence-electron chi connectivity index (χ3n) is 4.70. The molecule has 1 N–H and O–H groups in total. The van der Waals surface area contributed by atoms with E-state index in [1.165, 1.54) is 5.56 Å². The maximum absolute atomic E-state index is 12.9. The van der Waals surface area contributed by atoms with Crippen molar-refractivity contribution < 1.29 is 9.59 Å². The van der Waals surface area contributed by atoms with Crippen molar-refractivity contribution >= 4 is 29.1 Å². The number of amides is 2. The van der Waals surface area contributed by atoms with Crippen LogP contribution in [0.2, 0.25) is 0 Å². The molecule has 27 heavy (non-hydrogen) atoms. The van der Waals surface area contributed by atoms with Crippen molar-refractivity contribution in [3.8, 4) is 0 Å².